The van der Waals surface area contributed by atoms with Crippen LogP contribution in [0.15, 0.2) is 47.4 Å². The second kappa shape index (κ2) is 12.9. The van der Waals surface area contributed by atoms with Crippen molar-refractivity contribution in [3.05, 3.63) is 75.2 Å². The maximum absolute atomic E-state index is 14.2. The van der Waals surface area contributed by atoms with E-state index in [1.165, 1.54) is 0 Å². The highest BCUT2D eigenvalue weighted by Crippen LogP contribution is 2.30. The van der Waals surface area contributed by atoms with Crippen LogP contribution in [0.3, 0.4) is 0 Å². The van der Waals surface area contributed by atoms with Gasteiger partial charge in [-0.15, -0.1) is 0 Å². The van der Waals surface area contributed by atoms with Crippen molar-refractivity contribution in [3.63, 3.8) is 0 Å². The number of alkyl halides is 3. The van der Waals surface area contributed by atoms with Gasteiger partial charge in [0, 0.05) is 31.2 Å². The van der Waals surface area contributed by atoms with Crippen molar-refractivity contribution >= 4 is 40.6 Å². The lowest BCUT2D eigenvalue weighted by Crippen LogP contribution is -2.41. The van der Waals surface area contributed by atoms with Crippen LogP contribution in [-0.2, 0) is 11.3 Å². The highest BCUT2D eigenvalue weighted by molar-refractivity contribution is 6.39. The van der Waals surface area contributed by atoms with Gasteiger partial charge in [0.05, 0.1) is 33.8 Å². The number of pyridine rings is 1. The number of rotatable bonds is 8. The van der Waals surface area contributed by atoms with Gasteiger partial charge in [0.15, 0.2) is 11.5 Å². The third-order valence-electron chi connectivity index (χ3n) is 6.27. The Kier molecular flexibility index (Phi) is 10.1. The van der Waals surface area contributed by atoms with Crippen LogP contribution >= 0.6 is 23.2 Å². The Bertz CT molecular complexity index is 1250. The number of ketones is 1. The number of carbonyl (C=O) groups excluding carboxylic acids is 2. The number of amides is 1. The number of aliphatic imine (C=N–C) groups is 1. The Balaban J connectivity index is 2.02. The summed E-state index contributed by atoms with van der Waals surface area (Å²) in [6.45, 7) is 0.512. The van der Waals surface area contributed by atoms with Crippen molar-refractivity contribution in [2.75, 3.05) is 6.54 Å². The molecule has 1 aromatic heterocycles. The Hall–Kier alpha value is -3.05. The van der Waals surface area contributed by atoms with Crippen molar-refractivity contribution in [2.24, 2.45) is 16.6 Å². The van der Waals surface area contributed by atoms with Crippen molar-refractivity contribution in [2.45, 2.75) is 51.4 Å². The predicted molar refractivity (Wildman–Crippen MR) is 138 cm³/mol. The molecule has 0 spiro atoms. The van der Waals surface area contributed by atoms with Crippen LogP contribution in [0.5, 0.6) is 0 Å². The van der Waals surface area contributed by atoms with Gasteiger partial charge in [0.2, 0.25) is 0 Å². The number of hydrogen-bond donors (Lipinski definition) is 1. The third kappa shape index (κ3) is 7.98. The topological polar surface area (TPSA) is 88.6 Å². The predicted octanol–water partition coefficient (Wildman–Crippen LogP) is 6.30. The number of nitrogens with zero attached hydrogens (tertiary/aromatic N) is 3. The molecule has 1 aromatic carbocycles. The molecule has 13 heteroatoms. The van der Waals surface area contributed by atoms with Crippen LogP contribution in [0.1, 0.15) is 48.5 Å². The molecule has 2 N–H and O–H groups in total. The van der Waals surface area contributed by atoms with Crippen LogP contribution in [0.25, 0.3) is 0 Å². The lowest BCUT2D eigenvalue weighted by Gasteiger charge is -2.27. The maximum Gasteiger partial charge on any atom is 0.433 e. The molecule has 1 fully saturated rings. The quantitative estimate of drug-likeness (QED) is 0.169. The molecule has 1 amide bonds. The van der Waals surface area contributed by atoms with E-state index in [1.54, 1.807) is 0 Å². The molecule has 1 aliphatic rings. The average molecular weight is 591 g/mol. The van der Waals surface area contributed by atoms with E-state index in [1.807, 2.05) is 6.92 Å². The fraction of sp³-hybridized carbons (Fsp3) is 0.385. The number of Topliss-reactive ketones (excluding diaryl/α,β-unsaturated/α-hetero) is 1. The van der Waals surface area contributed by atoms with Gasteiger partial charge in [-0.3, -0.25) is 19.6 Å². The molecule has 0 saturated heterocycles. The van der Waals surface area contributed by atoms with Crippen LogP contribution in [0, 0.1) is 17.6 Å². The zero-order valence-corrected chi connectivity index (χ0v) is 22.3. The molecule has 0 atom stereocenters. The first-order valence-corrected chi connectivity index (χ1v) is 12.7. The first-order chi connectivity index (χ1) is 18.3. The number of carbonyl (C=O) groups is 2. The first-order valence-electron chi connectivity index (χ1n) is 11.9. The van der Waals surface area contributed by atoms with Crippen molar-refractivity contribution in [3.8, 4) is 0 Å². The molecular formula is C26H25Cl2F5N4O2. The maximum atomic E-state index is 14.2. The molecule has 0 aliphatic heterocycles. The minimum Gasteiger partial charge on any atom is -0.404 e. The van der Waals surface area contributed by atoms with E-state index < -0.39 is 59.9 Å². The van der Waals surface area contributed by atoms with E-state index in [-0.39, 0.29) is 21.2 Å². The van der Waals surface area contributed by atoms with Gasteiger partial charge in [-0.05, 0) is 49.3 Å². The van der Waals surface area contributed by atoms with Gasteiger partial charge in [-0.2, -0.15) is 13.2 Å². The van der Waals surface area contributed by atoms with Crippen molar-refractivity contribution < 1.29 is 31.5 Å². The van der Waals surface area contributed by atoms with Crippen molar-refractivity contribution in [1.29, 1.82) is 0 Å². The second-order valence-electron chi connectivity index (χ2n) is 9.31. The summed E-state index contributed by atoms with van der Waals surface area (Å²) in [5, 5.41) is -0.314. The molecule has 0 radical (unpaired) electrons. The summed E-state index contributed by atoms with van der Waals surface area (Å²) in [7, 11) is 0. The molecule has 1 aliphatic carbocycles. The monoisotopic (exact) mass is 590 g/mol. The fourth-order valence-corrected chi connectivity index (χ4v) is 4.90. The van der Waals surface area contributed by atoms with Crippen LogP contribution in [-0.4, -0.2) is 46.0 Å². The third-order valence-corrected chi connectivity index (χ3v) is 6.84. The molecule has 1 heterocycles. The van der Waals surface area contributed by atoms with Gasteiger partial charge >= 0.3 is 6.18 Å². The number of nitrogens with two attached hydrogens (primary N) is 1. The van der Waals surface area contributed by atoms with E-state index in [4.69, 9.17) is 28.9 Å². The molecule has 0 bridgehead atoms. The van der Waals surface area contributed by atoms with E-state index in [9.17, 15) is 31.5 Å². The van der Waals surface area contributed by atoms with Gasteiger partial charge in [-0.25, -0.2) is 8.78 Å². The lowest BCUT2D eigenvalue weighted by atomic mass is 9.87. The SMILES string of the molecule is CC1CCC(N=C(C(=CN)C(=O)N(CC(=O)c2c(Cl)cncc2Cl)Cc2cc(F)cc(F)c2)C(F)(F)F)CC1. The second-order valence-corrected chi connectivity index (χ2v) is 10.1. The first kappa shape index (κ1) is 30.5. The lowest BCUT2D eigenvalue weighted by molar-refractivity contribution is -0.127. The normalized spacial score (nSPS) is 18.7. The Labute approximate surface area is 231 Å². The number of benzene rings is 1. The Morgan fingerprint density at radius 1 is 1.08 bits per heavy atom. The van der Waals surface area contributed by atoms with Gasteiger partial charge in [0.1, 0.15) is 11.6 Å². The van der Waals surface area contributed by atoms with Crippen molar-refractivity contribution in [1.82, 2.24) is 9.88 Å². The van der Waals surface area contributed by atoms with E-state index in [0.29, 0.717) is 48.8 Å². The number of halogens is 7. The standard InChI is InChI=1S/C26H25Cl2F5N4O2/c1-14-2-4-18(5-3-14)36-24(26(31,32)33)19(9-34)25(39)37(12-15-6-16(29)8-17(30)7-15)13-22(38)23-20(27)10-35-11-21(23)28/h6-11,14,18H,2-5,12-13,34H2,1H3. The summed E-state index contributed by atoms with van der Waals surface area (Å²) in [5.74, 6) is -3.79. The molecule has 0 unspecified atom stereocenters. The summed E-state index contributed by atoms with van der Waals surface area (Å²) < 4.78 is 70.2. The summed E-state index contributed by atoms with van der Waals surface area (Å²) in [4.78, 5) is 34.9. The summed E-state index contributed by atoms with van der Waals surface area (Å²) in [6.07, 6.45) is -0.188. The Morgan fingerprint density at radius 3 is 2.15 bits per heavy atom. The van der Waals surface area contributed by atoms with E-state index in [2.05, 4.69) is 9.98 Å². The minimum atomic E-state index is -5.05. The number of aromatic nitrogens is 1. The van der Waals surface area contributed by atoms with Crippen LogP contribution in [0.4, 0.5) is 22.0 Å². The molecular weight excluding hydrogens is 566 g/mol. The zero-order chi connectivity index (χ0) is 28.9. The highest BCUT2D eigenvalue weighted by atomic mass is 35.5. The van der Waals surface area contributed by atoms with E-state index >= 15 is 0 Å². The van der Waals surface area contributed by atoms with Crippen LogP contribution < -0.4 is 5.73 Å². The minimum absolute atomic E-state index is 0.122. The smallest absolute Gasteiger partial charge is 0.404 e. The fourth-order valence-electron chi connectivity index (χ4n) is 4.32. The molecule has 210 valence electrons. The Morgan fingerprint density at radius 2 is 1.64 bits per heavy atom. The summed E-state index contributed by atoms with van der Waals surface area (Å²) in [5.41, 5.74) is 2.68. The van der Waals surface area contributed by atoms with E-state index in [0.717, 1.165) is 24.5 Å². The largest absolute Gasteiger partial charge is 0.433 e. The van der Waals surface area contributed by atoms with Gasteiger partial charge in [-0.1, -0.05) is 30.1 Å². The number of hydrogen-bond acceptors (Lipinski definition) is 5. The van der Waals surface area contributed by atoms with Crippen LogP contribution in [0.2, 0.25) is 10.0 Å². The van der Waals surface area contributed by atoms with Gasteiger partial charge in [0.25, 0.3) is 5.91 Å². The van der Waals surface area contributed by atoms with Gasteiger partial charge < -0.3 is 10.6 Å². The molecule has 6 nitrogen and oxygen atoms in total. The molecule has 1 saturated carbocycles. The molecule has 39 heavy (non-hydrogen) atoms. The molecule has 2 aromatic rings. The highest BCUT2D eigenvalue weighted by Gasteiger charge is 2.42. The zero-order valence-electron chi connectivity index (χ0n) is 20.7. The average Bonchev–Trinajstić information content (AvgIpc) is 2.83. The molecule has 3 rings (SSSR count). The summed E-state index contributed by atoms with van der Waals surface area (Å²) >= 11 is 12.1. The summed E-state index contributed by atoms with van der Waals surface area (Å²) in [6, 6.07) is 1.67.